The van der Waals surface area contributed by atoms with Gasteiger partial charge in [-0.2, -0.15) is 0 Å². The summed E-state index contributed by atoms with van der Waals surface area (Å²) in [5.74, 6) is -0.885. The fourth-order valence-corrected chi connectivity index (χ4v) is 1.43. The molecule has 0 aliphatic carbocycles. The number of carbonyl (C=O) groups excluding carboxylic acids is 2. The average molecular weight is 258 g/mol. The van der Waals surface area contributed by atoms with Crippen LogP contribution in [0.3, 0.4) is 0 Å². The van der Waals surface area contributed by atoms with Crippen LogP contribution in [0, 0.1) is 0 Å². The highest BCUT2D eigenvalue weighted by molar-refractivity contribution is 5.96. The number of nitrogens with zero attached hydrogens (tertiary/aromatic N) is 2. The lowest BCUT2D eigenvalue weighted by Gasteiger charge is -2.17. The van der Waals surface area contributed by atoms with Crippen molar-refractivity contribution in [2.24, 2.45) is 7.05 Å². The van der Waals surface area contributed by atoms with Crippen molar-refractivity contribution in [1.82, 2.24) is 30.3 Å². The number of aromatic nitrogens is 5. The summed E-state index contributed by atoms with van der Waals surface area (Å²) in [6, 6.07) is -0.773. The number of nitrogens with one attached hydrogen (secondary N) is 4. The van der Waals surface area contributed by atoms with Gasteiger partial charge in [-0.3, -0.25) is 14.9 Å². The predicted molar refractivity (Wildman–Crippen MR) is 63.1 cm³/mol. The van der Waals surface area contributed by atoms with Crippen LogP contribution in [0.2, 0.25) is 0 Å². The molecule has 18 heavy (non-hydrogen) atoms. The standard InChI is InChI=1S/C9H18N6O3/c1-4-6(8(17)10-7(16)5-2)15-9(18)14(3)12-11-13-15/h6,11-13H,4-5H2,1-3H3,(H,10,16,17). The minimum absolute atomic E-state index is 0.212. The maximum Gasteiger partial charge on any atom is 0.360 e. The molecule has 1 aromatic rings. The first-order chi connectivity index (χ1) is 8.51. The zero-order valence-corrected chi connectivity index (χ0v) is 10.6. The summed E-state index contributed by atoms with van der Waals surface area (Å²) in [5, 5.41) is 9.80. The Morgan fingerprint density at radius 2 is 2.00 bits per heavy atom. The van der Waals surface area contributed by atoms with E-state index in [1.807, 2.05) is 0 Å². The fourth-order valence-electron chi connectivity index (χ4n) is 1.43. The first kappa shape index (κ1) is 13.9. The minimum atomic E-state index is -0.773. The number of aromatic amines is 3. The lowest BCUT2D eigenvalue weighted by atomic mass is 10.2. The normalized spacial score (nSPS) is 11.9. The minimum Gasteiger partial charge on any atom is -0.295 e. The summed E-state index contributed by atoms with van der Waals surface area (Å²) < 4.78 is 2.29. The van der Waals surface area contributed by atoms with Crippen LogP contribution in [-0.2, 0) is 16.6 Å². The van der Waals surface area contributed by atoms with E-state index in [1.54, 1.807) is 13.8 Å². The largest absolute Gasteiger partial charge is 0.360 e. The lowest BCUT2D eigenvalue weighted by Crippen LogP contribution is -2.44. The Hall–Kier alpha value is -2.19. The number of imide groups is 1. The zero-order valence-electron chi connectivity index (χ0n) is 10.6. The highest BCUT2D eigenvalue weighted by Crippen LogP contribution is 2.05. The maximum absolute atomic E-state index is 11.9. The van der Waals surface area contributed by atoms with E-state index >= 15 is 0 Å². The first-order valence-corrected chi connectivity index (χ1v) is 5.68. The van der Waals surface area contributed by atoms with Crippen LogP contribution in [0.5, 0.6) is 0 Å². The van der Waals surface area contributed by atoms with Gasteiger partial charge in [-0.15, -0.1) is 0 Å². The molecule has 0 aliphatic heterocycles. The summed E-state index contributed by atoms with van der Waals surface area (Å²) in [7, 11) is 1.50. The van der Waals surface area contributed by atoms with Crippen LogP contribution in [0.4, 0.5) is 0 Å². The highest BCUT2D eigenvalue weighted by Gasteiger charge is 2.22. The molecule has 9 nitrogen and oxygen atoms in total. The Morgan fingerprint density at radius 1 is 1.33 bits per heavy atom. The van der Waals surface area contributed by atoms with Crippen LogP contribution in [0.25, 0.3) is 0 Å². The van der Waals surface area contributed by atoms with Gasteiger partial charge in [-0.1, -0.05) is 13.8 Å². The van der Waals surface area contributed by atoms with Gasteiger partial charge >= 0.3 is 5.69 Å². The highest BCUT2D eigenvalue weighted by atomic mass is 16.2. The molecule has 0 bridgehead atoms. The number of carbonyl (C=O) groups is 2. The van der Waals surface area contributed by atoms with Crippen LogP contribution in [-0.4, -0.2) is 36.8 Å². The second-order valence-corrected chi connectivity index (χ2v) is 3.75. The molecule has 0 aliphatic rings. The van der Waals surface area contributed by atoms with Gasteiger partial charge in [0.2, 0.25) is 5.91 Å². The summed E-state index contributed by atoms with van der Waals surface area (Å²) in [5.41, 5.74) is -0.431. The molecule has 1 unspecified atom stereocenters. The van der Waals surface area contributed by atoms with E-state index in [1.165, 1.54) is 11.7 Å². The Morgan fingerprint density at radius 3 is 2.56 bits per heavy atom. The van der Waals surface area contributed by atoms with E-state index in [4.69, 9.17) is 0 Å². The predicted octanol–water partition coefficient (Wildman–Crippen LogP) is -0.701. The molecule has 0 saturated heterocycles. The van der Waals surface area contributed by atoms with Gasteiger partial charge in [0, 0.05) is 13.5 Å². The number of rotatable bonds is 4. The average Bonchev–Trinajstić information content (AvgIpc) is 2.35. The van der Waals surface area contributed by atoms with Crippen LogP contribution in [0.1, 0.15) is 32.7 Å². The van der Waals surface area contributed by atoms with Gasteiger partial charge in [0.1, 0.15) is 6.04 Å². The molecule has 1 heterocycles. The van der Waals surface area contributed by atoms with Crippen molar-refractivity contribution < 1.29 is 9.59 Å². The van der Waals surface area contributed by atoms with Crippen LogP contribution >= 0.6 is 0 Å². The SMILES string of the molecule is CCC(=O)NC(=O)C(CC)n1[nH][nH][nH]n(C)c1=O. The van der Waals surface area contributed by atoms with Crippen molar-refractivity contribution in [3.8, 4) is 0 Å². The lowest BCUT2D eigenvalue weighted by molar-refractivity contribution is -0.132. The monoisotopic (exact) mass is 258 g/mol. The molecule has 0 saturated carbocycles. The number of H-pyrrole nitrogens is 3. The molecule has 1 atom stereocenters. The first-order valence-electron chi connectivity index (χ1n) is 5.68. The quantitative estimate of drug-likeness (QED) is 0.571. The molecule has 0 aromatic carbocycles. The van der Waals surface area contributed by atoms with Crippen LogP contribution in [0.15, 0.2) is 4.79 Å². The van der Waals surface area contributed by atoms with Gasteiger partial charge < -0.3 is 0 Å². The molecule has 4 N–H and O–H groups in total. The molecule has 1 rings (SSSR count). The van der Waals surface area contributed by atoms with Crippen molar-refractivity contribution in [3.05, 3.63) is 10.5 Å². The molecule has 1 aromatic heterocycles. The van der Waals surface area contributed by atoms with E-state index in [2.05, 4.69) is 21.0 Å². The summed E-state index contributed by atoms with van der Waals surface area (Å²) >= 11 is 0. The van der Waals surface area contributed by atoms with Gasteiger partial charge in [0.25, 0.3) is 5.91 Å². The molecule has 2 amide bonds. The summed E-state index contributed by atoms with van der Waals surface area (Å²) in [6.07, 6.45) is 0.584. The van der Waals surface area contributed by atoms with Crippen molar-refractivity contribution >= 4 is 11.8 Å². The molecule has 0 spiro atoms. The number of hydrogen-bond donors (Lipinski definition) is 4. The van der Waals surface area contributed by atoms with E-state index in [-0.39, 0.29) is 12.3 Å². The van der Waals surface area contributed by atoms with E-state index in [9.17, 15) is 14.4 Å². The zero-order chi connectivity index (χ0) is 13.7. The molecule has 0 radical (unpaired) electrons. The second-order valence-electron chi connectivity index (χ2n) is 3.75. The molecule has 9 heteroatoms. The van der Waals surface area contributed by atoms with Crippen molar-refractivity contribution in [2.45, 2.75) is 32.7 Å². The molecular formula is C9H18N6O3. The topological polar surface area (TPSA) is 120 Å². The summed E-state index contributed by atoms with van der Waals surface area (Å²) in [6.45, 7) is 3.39. The molecular weight excluding hydrogens is 240 g/mol. The number of aryl methyl sites for hydroxylation is 1. The third-order valence-electron chi connectivity index (χ3n) is 2.48. The Balaban J connectivity index is 3.03. The van der Waals surface area contributed by atoms with Crippen molar-refractivity contribution in [3.63, 3.8) is 0 Å². The molecule has 0 fully saturated rings. The third-order valence-corrected chi connectivity index (χ3v) is 2.48. The summed E-state index contributed by atoms with van der Waals surface area (Å²) in [4.78, 5) is 34.8. The van der Waals surface area contributed by atoms with Gasteiger partial charge in [-0.25, -0.2) is 29.8 Å². The Kier molecular flexibility index (Phi) is 4.58. The Labute approximate surface area is 103 Å². The van der Waals surface area contributed by atoms with E-state index < -0.39 is 17.6 Å². The number of amides is 2. The Bertz CT molecular complexity index is 511. The van der Waals surface area contributed by atoms with Gasteiger partial charge in [-0.05, 0) is 6.42 Å². The van der Waals surface area contributed by atoms with Gasteiger partial charge in [0.05, 0.1) is 0 Å². The molecule has 102 valence electrons. The number of hydrogen-bond acceptors (Lipinski definition) is 3. The van der Waals surface area contributed by atoms with E-state index in [0.717, 1.165) is 4.68 Å². The van der Waals surface area contributed by atoms with Gasteiger partial charge in [0.15, 0.2) is 0 Å². The van der Waals surface area contributed by atoms with Crippen molar-refractivity contribution in [1.29, 1.82) is 0 Å². The van der Waals surface area contributed by atoms with Crippen LogP contribution < -0.4 is 11.0 Å². The van der Waals surface area contributed by atoms with E-state index in [0.29, 0.717) is 6.42 Å². The second kappa shape index (κ2) is 5.94. The fraction of sp³-hybridized carbons (Fsp3) is 0.667. The van der Waals surface area contributed by atoms with Crippen molar-refractivity contribution in [2.75, 3.05) is 0 Å². The third kappa shape index (κ3) is 2.93. The maximum atomic E-state index is 11.9. The smallest absolute Gasteiger partial charge is 0.295 e.